The van der Waals surface area contributed by atoms with E-state index in [0.29, 0.717) is 21.9 Å². The smallest absolute Gasteiger partial charge is 0.203 e. The summed E-state index contributed by atoms with van der Waals surface area (Å²) < 4.78 is 18.9. The molecule has 0 amide bonds. The maximum absolute atomic E-state index is 13.3. The average molecular weight is 293 g/mol. The number of hydrogen-bond acceptors (Lipinski definition) is 2. The van der Waals surface area contributed by atoms with Gasteiger partial charge in [-0.05, 0) is 55.8 Å². The first-order chi connectivity index (χ1) is 9.45. The summed E-state index contributed by atoms with van der Waals surface area (Å²) in [5, 5.41) is 0.531. The fourth-order valence-electron chi connectivity index (χ4n) is 1.91. The predicted octanol–water partition coefficient (Wildman–Crippen LogP) is 4.44. The molecule has 2 rings (SSSR count). The van der Waals surface area contributed by atoms with Crippen molar-refractivity contribution in [2.75, 3.05) is 0 Å². The number of ketones is 1. The molecule has 0 saturated carbocycles. The van der Waals surface area contributed by atoms with Gasteiger partial charge in [0.25, 0.3) is 0 Å². The third-order valence-corrected chi connectivity index (χ3v) is 3.04. The number of carbonyl (C=O) groups is 1. The summed E-state index contributed by atoms with van der Waals surface area (Å²) >= 11 is 5.85. The standard InChI is InChI=1S/C16H14ClFO2/c1-10-6-12(8-14(18)7-10)16(19)11(2)20-15-5-3-4-13(17)9-15/h3-9,11H,1-2H3. The van der Waals surface area contributed by atoms with Crippen LogP contribution in [-0.4, -0.2) is 11.9 Å². The lowest BCUT2D eigenvalue weighted by Crippen LogP contribution is -2.24. The Hall–Kier alpha value is -1.87. The van der Waals surface area contributed by atoms with Crippen LogP contribution in [0, 0.1) is 12.7 Å². The first-order valence-electron chi connectivity index (χ1n) is 6.19. The number of ether oxygens (including phenoxy) is 1. The van der Waals surface area contributed by atoms with E-state index >= 15 is 0 Å². The van der Waals surface area contributed by atoms with Crippen molar-refractivity contribution in [3.8, 4) is 5.75 Å². The molecule has 0 heterocycles. The second-order valence-electron chi connectivity index (χ2n) is 4.60. The fraction of sp³-hybridized carbons (Fsp3) is 0.188. The van der Waals surface area contributed by atoms with Crippen LogP contribution >= 0.6 is 11.6 Å². The number of rotatable bonds is 4. The van der Waals surface area contributed by atoms with Crippen molar-refractivity contribution >= 4 is 17.4 Å². The lowest BCUT2D eigenvalue weighted by molar-refractivity contribution is 0.0817. The Morgan fingerprint density at radius 2 is 2.00 bits per heavy atom. The summed E-state index contributed by atoms with van der Waals surface area (Å²) in [6.45, 7) is 3.37. The third kappa shape index (κ3) is 3.58. The zero-order valence-electron chi connectivity index (χ0n) is 11.2. The Kier molecular flexibility index (Phi) is 4.40. The summed E-state index contributed by atoms with van der Waals surface area (Å²) in [6.07, 6.45) is -0.713. The van der Waals surface area contributed by atoms with Crippen molar-refractivity contribution < 1.29 is 13.9 Å². The highest BCUT2D eigenvalue weighted by Gasteiger charge is 2.18. The topological polar surface area (TPSA) is 26.3 Å². The second kappa shape index (κ2) is 6.06. The summed E-state index contributed by atoms with van der Waals surface area (Å²) in [7, 11) is 0. The van der Waals surface area contributed by atoms with Crippen LogP contribution < -0.4 is 4.74 Å². The Bertz CT molecular complexity index is 620. The Morgan fingerprint density at radius 1 is 1.25 bits per heavy atom. The second-order valence-corrected chi connectivity index (χ2v) is 5.04. The number of benzene rings is 2. The van der Waals surface area contributed by atoms with Crippen molar-refractivity contribution in [1.82, 2.24) is 0 Å². The van der Waals surface area contributed by atoms with Crippen molar-refractivity contribution in [3.63, 3.8) is 0 Å². The lowest BCUT2D eigenvalue weighted by Gasteiger charge is -2.14. The first-order valence-corrected chi connectivity index (χ1v) is 6.57. The maximum atomic E-state index is 13.3. The number of halogens is 2. The van der Waals surface area contributed by atoms with Crippen molar-refractivity contribution in [3.05, 3.63) is 64.4 Å². The molecular weight excluding hydrogens is 279 g/mol. The molecule has 2 nitrogen and oxygen atoms in total. The highest BCUT2D eigenvalue weighted by atomic mass is 35.5. The third-order valence-electron chi connectivity index (χ3n) is 2.80. The molecule has 104 valence electrons. The minimum atomic E-state index is -0.713. The van der Waals surface area contributed by atoms with Crippen LogP contribution in [0.1, 0.15) is 22.8 Å². The van der Waals surface area contributed by atoms with Gasteiger partial charge < -0.3 is 4.74 Å². The molecule has 2 aromatic carbocycles. The van der Waals surface area contributed by atoms with Gasteiger partial charge in [0.05, 0.1) is 0 Å². The van der Waals surface area contributed by atoms with Gasteiger partial charge in [-0.3, -0.25) is 4.79 Å². The number of aryl methyl sites for hydroxylation is 1. The molecule has 2 aromatic rings. The van der Waals surface area contributed by atoms with Crippen LogP contribution in [0.5, 0.6) is 5.75 Å². The molecule has 0 aliphatic carbocycles. The molecule has 0 N–H and O–H groups in total. The van der Waals surface area contributed by atoms with Gasteiger partial charge in [-0.2, -0.15) is 0 Å². The van der Waals surface area contributed by atoms with Gasteiger partial charge in [0.1, 0.15) is 11.6 Å². The molecule has 0 aliphatic heterocycles. The lowest BCUT2D eigenvalue weighted by atomic mass is 10.0. The molecule has 0 spiro atoms. The Morgan fingerprint density at radius 3 is 2.65 bits per heavy atom. The molecule has 0 saturated heterocycles. The SMILES string of the molecule is Cc1cc(F)cc(C(=O)C(C)Oc2cccc(Cl)c2)c1. The summed E-state index contributed by atoms with van der Waals surface area (Å²) in [5.41, 5.74) is 1.00. The molecule has 0 aliphatic rings. The van der Waals surface area contributed by atoms with Crippen LogP contribution in [0.4, 0.5) is 4.39 Å². The van der Waals surface area contributed by atoms with Crippen LogP contribution in [0.15, 0.2) is 42.5 Å². The average Bonchev–Trinajstić information content (AvgIpc) is 2.36. The van der Waals surface area contributed by atoms with E-state index in [9.17, 15) is 9.18 Å². The summed E-state index contributed by atoms with van der Waals surface area (Å²) in [5.74, 6) is -0.192. The molecule has 1 unspecified atom stereocenters. The van der Waals surface area contributed by atoms with Gasteiger partial charge in [0.15, 0.2) is 6.10 Å². The normalized spacial score (nSPS) is 12.0. The van der Waals surface area contributed by atoms with Gasteiger partial charge in [0.2, 0.25) is 5.78 Å². The molecule has 0 radical (unpaired) electrons. The highest BCUT2D eigenvalue weighted by molar-refractivity contribution is 6.30. The van der Waals surface area contributed by atoms with E-state index in [4.69, 9.17) is 16.3 Å². The van der Waals surface area contributed by atoms with Crippen LogP contribution in [-0.2, 0) is 0 Å². The van der Waals surface area contributed by atoms with Crippen molar-refractivity contribution in [2.24, 2.45) is 0 Å². The number of carbonyl (C=O) groups excluding carboxylic acids is 1. The monoisotopic (exact) mass is 292 g/mol. The zero-order valence-corrected chi connectivity index (χ0v) is 11.9. The first kappa shape index (κ1) is 14.5. The minimum absolute atomic E-state index is 0.271. The van der Waals surface area contributed by atoms with Crippen LogP contribution in [0.3, 0.4) is 0 Å². The number of Topliss-reactive ketones (excluding diaryl/α,β-unsaturated/α-hetero) is 1. The van der Waals surface area contributed by atoms with Crippen LogP contribution in [0.25, 0.3) is 0 Å². The van der Waals surface area contributed by atoms with Crippen LogP contribution in [0.2, 0.25) is 5.02 Å². The fourth-order valence-corrected chi connectivity index (χ4v) is 2.09. The van der Waals surface area contributed by atoms with Crippen molar-refractivity contribution in [1.29, 1.82) is 0 Å². The molecule has 0 aromatic heterocycles. The van der Waals surface area contributed by atoms with Gasteiger partial charge in [-0.15, -0.1) is 0 Å². The molecule has 20 heavy (non-hydrogen) atoms. The van der Waals surface area contributed by atoms with Gasteiger partial charge in [0, 0.05) is 10.6 Å². The summed E-state index contributed by atoms with van der Waals surface area (Å²) in [6, 6.07) is 11.0. The van der Waals surface area contributed by atoms with E-state index in [2.05, 4.69) is 0 Å². The quantitative estimate of drug-likeness (QED) is 0.779. The van der Waals surface area contributed by atoms with E-state index in [0.717, 1.165) is 0 Å². The minimum Gasteiger partial charge on any atom is -0.483 e. The molecular formula is C16H14ClFO2. The summed E-state index contributed by atoms with van der Waals surface area (Å²) in [4.78, 5) is 12.2. The van der Waals surface area contributed by atoms with E-state index in [1.54, 1.807) is 44.2 Å². The number of hydrogen-bond donors (Lipinski definition) is 0. The van der Waals surface area contributed by atoms with Crippen molar-refractivity contribution in [2.45, 2.75) is 20.0 Å². The molecule has 1 atom stereocenters. The Labute approximate surface area is 122 Å². The largest absolute Gasteiger partial charge is 0.483 e. The Balaban J connectivity index is 2.16. The maximum Gasteiger partial charge on any atom is 0.203 e. The predicted molar refractivity (Wildman–Crippen MR) is 77.0 cm³/mol. The molecule has 0 bridgehead atoms. The van der Waals surface area contributed by atoms with E-state index in [1.807, 2.05) is 0 Å². The highest BCUT2D eigenvalue weighted by Crippen LogP contribution is 2.20. The van der Waals surface area contributed by atoms with E-state index in [-0.39, 0.29) is 5.78 Å². The van der Waals surface area contributed by atoms with Gasteiger partial charge >= 0.3 is 0 Å². The molecule has 0 fully saturated rings. The molecule has 4 heteroatoms. The zero-order chi connectivity index (χ0) is 14.7. The van der Waals surface area contributed by atoms with E-state index in [1.165, 1.54) is 12.1 Å². The van der Waals surface area contributed by atoms with E-state index < -0.39 is 11.9 Å². The van der Waals surface area contributed by atoms with Gasteiger partial charge in [-0.25, -0.2) is 4.39 Å². The van der Waals surface area contributed by atoms with Gasteiger partial charge in [-0.1, -0.05) is 17.7 Å².